The summed E-state index contributed by atoms with van der Waals surface area (Å²) in [6, 6.07) is 18.0. The number of carbonyl (C=O) groups excluding carboxylic acids is 2. The van der Waals surface area contributed by atoms with Crippen LogP contribution in [0.4, 0.5) is 5.13 Å². The summed E-state index contributed by atoms with van der Waals surface area (Å²) in [6.07, 6.45) is 1.73. The van der Waals surface area contributed by atoms with Crippen molar-refractivity contribution < 1.29 is 24.5 Å². The number of aromatic hydroxyl groups is 1. The average Bonchev–Trinajstić information content (AvgIpc) is 3.45. The molecule has 0 saturated carbocycles. The lowest BCUT2D eigenvalue weighted by Gasteiger charge is -2.23. The number of nitrogens with zero attached hydrogens (tertiary/aromatic N) is 2. The van der Waals surface area contributed by atoms with Crippen LogP contribution in [0.5, 0.6) is 11.5 Å². The van der Waals surface area contributed by atoms with Crippen molar-refractivity contribution in [2.24, 2.45) is 0 Å². The molecule has 1 aliphatic heterocycles. The number of rotatable bonds is 7. The number of thiazole rings is 1. The second-order valence-corrected chi connectivity index (χ2v) is 9.79. The highest BCUT2D eigenvalue weighted by atomic mass is 32.1. The Labute approximate surface area is 218 Å². The fourth-order valence-electron chi connectivity index (χ4n) is 4.37. The lowest BCUT2D eigenvalue weighted by atomic mass is 9.95. The highest BCUT2D eigenvalue weighted by molar-refractivity contribution is 7.22. The zero-order chi connectivity index (χ0) is 26.1. The summed E-state index contributed by atoms with van der Waals surface area (Å²) in [5.41, 5.74) is 2.79. The Bertz CT molecular complexity index is 1510. The van der Waals surface area contributed by atoms with E-state index in [-0.39, 0.29) is 17.1 Å². The SMILES string of the molecule is CCCOc1ccc(/C(O)=C2\C(=O)C(=O)N(c3nc4ccc(CC)cc4s3)C2c2ccc(O)cc2)cc1. The number of Topliss-reactive ketones (excluding diaryl/α,β-unsaturated/α-hetero) is 1. The van der Waals surface area contributed by atoms with Gasteiger partial charge in [-0.1, -0.05) is 43.4 Å². The smallest absolute Gasteiger partial charge is 0.301 e. The second kappa shape index (κ2) is 10.1. The van der Waals surface area contributed by atoms with Crippen LogP contribution in [-0.4, -0.2) is 33.5 Å². The zero-order valence-electron chi connectivity index (χ0n) is 20.5. The van der Waals surface area contributed by atoms with Crippen LogP contribution in [0.15, 0.2) is 72.3 Å². The molecule has 4 aromatic rings. The van der Waals surface area contributed by atoms with Gasteiger partial charge in [-0.2, -0.15) is 0 Å². The molecule has 8 heteroatoms. The van der Waals surface area contributed by atoms with Crippen LogP contribution in [0.3, 0.4) is 0 Å². The molecule has 0 radical (unpaired) electrons. The van der Waals surface area contributed by atoms with Gasteiger partial charge >= 0.3 is 5.91 Å². The number of aliphatic hydroxyl groups excluding tert-OH is 1. The molecular formula is C29H26N2O5S. The van der Waals surface area contributed by atoms with Crippen molar-refractivity contribution in [3.63, 3.8) is 0 Å². The van der Waals surface area contributed by atoms with E-state index in [9.17, 15) is 19.8 Å². The van der Waals surface area contributed by atoms with Crippen molar-refractivity contribution in [3.8, 4) is 11.5 Å². The summed E-state index contributed by atoms with van der Waals surface area (Å²) in [4.78, 5) is 32.8. The summed E-state index contributed by atoms with van der Waals surface area (Å²) in [6.45, 7) is 4.64. The molecule has 1 saturated heterocycles. The lowest BCUT2D eigenvalue weighted by Crippen LogP contribution is -2.29. The minimum atomic E-state index is -0.914. The predicted molar refractivity (Wildman–Crippen MR) is 144 cm³/mol. The van der Waals surface area contributed by atoms with Crippen LogP contribution in [0.25, 0.3) is 16.0 Å². The van der Waals surface area contributed by atoms with Gasteiger partial charge in [0.25, 0.3) is 5.78 Å². The summed E-state index contributed by atoms with van der Waals surface area (Å²) in [5, 5.41) is 21.5. The monoisotopic (exact) mass is 514 g/mol. The number of ether oxygens (including phenoxy) is 1. The van der Waals surface area contributed by atoms with Crippen molar-refractivity contribution in [2.75, 3.05) is 11.5 Å². The van der Waals surface area contributed by atoms with E-state index in [2.05, 4.69) is 11.9 Å². The number of ketones is 1. The van der Waals surface area contributed by atoms with Gasteiger partial charge in [0.05, 0.1) is 28.4 Å². The van der Waals surface area contributed by atoms with Crippen molar-refractivity contribution in [1.29, 1.82) is 0 Å². The van der Waals surface area contributed by atoms with Gasteiger partial charge in [0, 0.05) is 5.56 Å². The number of phenolic OH excluding ortho intramolecular Hbond substituents is 1. The highest BCUT2D eigenvalue weighted by Gasteiger charge is 2.48. The number of benzene rings is 3. The molecular weight excluding hydrogens is 488 g/mol. The highest BCUT2D eigenvalue weighted by Crippen LogP contribution is 2.44. The Kier molecular flexibility index (Phi) is 6.67. The molecule has 1 atom stereocenters. The Balaban J connectivity index is 1.64. The number of aryl methyl sites for hydroxylation is 1. The minimum Gasteiger partial charge on any atom is -0.508 e. The van der Waals surface area contributed by atoms with E-state index in [0.29, 0.717) is 28.6 Å². The topological polar surface area (TPSA) is 100.0 Å². The minimum absolute atomic E-state index is 0.0357. The van der Waals surface area contributed by atoms with Gasteiger partial charge < -0.3 is 14.9 Å². The average molecular weight is 515 g/mol. The van der Waals surface area contributed by atoms with E-state index < -0.39 is 17.7 Å². The fraction of sp³-hybridized carbons (Fsp3) is 0.207. The molecule has 2 N–H and O–H groups in total. The number of aliphatic hydroxyl groups is 1. The Morgan fingerprint density at radius 2 is 1.76 bits per heavy atom. The van der Waals surface area contributed by atoms with Gasteiger partial charge in [-0.3, -0.25) is 14.5 Å². The maximum absolute atomic E-state index is 13.4. The van der Waals surface area contributed by atoms with Crippen molar-refractivity contribution in [3.05, 3.63) is 89.0 Å². The molecule has 0 aliphatic carbocycles. The molecule has 1 aliphatic rings. The van der Waals surface area contributed by atoms with Crippen LogP contribution in [-0.2, 0) is 16.0 Å². The van der Waals surface area contributed by atoms with E-state index in [1.54, 1.807) is 36.4 Å². The Morgan fingerprint density at radius 3 is 2.43 bits per heavy atom. The van der Waals surface area contributed by atoms with Crippen molar-refractivity contribution in [2.45, 2.75) is 32.7 Å². The summed E-state index contributed by atoms with van der Waals surface area (Å²) in [7, 11) is 0. The third-order valence-electron chi connectivity index (χ3n) is 6.31. The number of anilines is 1. The molecule has 5 rings (SSSR count). The first kappa shape index (κ1) is 24.5. The van der Waals surface area contributed by atoms with Gasteiger partial charge in [-0.05, 0) is 72.5 Å². The predicted octanol–water partition coefficient (Wildman–Crippen LogP) is 5.98. The van der Waals surface area contributed by atoms with E-state index >= 15 is 0 Å². The first-order valence-electron chi connectivity index (χ1n) is 12.1. The molecule has 7 nitrogen and oxygen atoms in total. The molecule has 1 amide bonds. The molecule has 1 aromatic heterocycles. The van der Waals surface area contributed by atoms with Crippen LogP contribution >= 0.6 is 11.3 Å². The maximum Gasteiger partial charge on any atom is 0.301 e. The molecule has 0 spiro atoms. The molecule has 1 fully saturated rings. The third kappa shape index (κ3) is 4.56. The normalized spacial score (nSPS) is 17.0. The number of hydrogen-bond acceptors (Lipinski definition) is 7. The number of hydrogen-bond donors (Lipinski definition) is 2. The molecule has 0 bridgehead atoms. The van der Waals surface area contributed by atoms with Crippen LogP contribution in [0.2, 0.25) is 0 Å². The van der Waals surface area contributed by atoms with E-state index in [1.165, 1.54) is 28.4 Å². The molecule has 2 heterocycles. The van der Waals surface area contributed by atoms with Gasteiger partial charge in [-0.25, -0.2) is 4.98 Å². The van der Waals surface area contributed by atoms with Crippen LogP contribution in [0.1, 0.15) is 43.0 Å². The third-order valence-corrected chi connectivity index (χ3v) is 7.33. The first-order chi connectivity index (χ1) is 17.9. The van der Waals surface area contributed by atoms with E-state index in [0.717, 1.165) is 28.6 Å². The van der Waals surface area contributed by atoms with Crippen molar-refractivity contribution >= 4 is 44.1 Å². The summed E-state index contributed by atoms with van der Waals surface area (Å²) < 4.78 is 6.52. The molecule has 188 valence electrons. The van der Waals surface area contributed by atoms with Gasteiger partial charge in [0.2, 0.25) is 0 Å². The number of amides is 1. The number of carbonyl (C=O) groups is 2. The van der Waals surface area contributed by atoms with E-state index in [1.807, 2.05) is 25.1 Å². The summed E-state index contributed by atoms with van der Waals surface area (Å²) >= 11 is 1.32. The number of phenols is 1. The van der Waals surface area contributed by atoms with Gasteiger partial charge in [-0.15, -0.1) is 0 Å². The Morgan fingerprint density at radius 1 is 1.03 bits per heavy atom. The quantitative estimate of drug-likeness (QED) is 0.179. The van der Waals surface area contributed by atoms with Crippen molar-refractivity contribution in [1.82, 2.24) is 4.98 Å². The fourth-order valence-corrected chi connectivity index (χ4v) is 5.42. The van der Waals surface area contributed by atoms with Gasteiger partial charge in [0.15, 0.2) is 5.13 Å². The zero-order valence-corrected chi connectivity index (χ0v) is 21.3. The number of fused-ring (bicyclic) bond motifs is 1. The largest absolute Gasteiger partial charge is 0.508 e. The molecule has 3 aromatic carbocycles. The van der Waals surface area contributed by atoms with Crippen LogP contribution in [0, 0.1) is 0 Å². The van der Waals surface area contributed by atoms with Crippen LogP contribution < -0.4 is 9.64 Å². The second-order valence-electron chi connectivity index (χ2n) is 8.79. The Hall–Kier alpha value is -4.17. The summed E-state index contributed by atoms with van der Waals surface area (Å²) in [5.74, 6) is -1.15. The lowest BCUT2D eigenvalue weighted by molar-refractivity contribution is -0.132. The van der Waals surface area contributed by atoms with Gasteiger partial charge in [0.1, 0.15) is 17.3 Å². The van der Waals surface area contributed by atoms with E-state index in [4.69, 9.17) is 4.74 Å². The molecule has 37 heavy (non-hydrogen) atoms. The maximum atomic E-state index is 13.4. The first-order valence-corrected chi connectivity index (χ1v) is 13.0. The number of aromatic nitrogens is 1. The molecule has 1 unspecified atom stereocenters. The standard InChI is InChI=1S/C29H26N2O5S/c1-3-15-36-21-12-8-19(9-13-21)26(33)24-25(18-6-10-20(32)11-7-18)31(28(35)27(24)34)29-30-22-14-5-17(4-2)16-23(22)37-29/h5-14,16,25,32-33H,3-4,15H2,1-2H3/b26-24+.